The Morgan fingerprint density at radius 3 is 2.65 bits per heavy atom. The summed E-state index contributed by atoms with van der Waals surface area (Å²) in [6, 6.07) is 23.2. The van der Waals surface area contributed by atoms with Gasteiger partial charge in [0.1, 0.15) is 5.75 Å². The summed E-state index contributed by atoms with van der Waals surface area (Å²) in [6.45, 7) is 5.86. The highest BCUT2D eigenvalue weighted by atomic mass is 32.2. The van der Waals surface area contributed by atoms with Gasteiger partial charge in [0, 0.05) is 30.4 Å². The van der Waals surface area contributed by atoms with Crippen molar-refractivity contribution < 1.29 is 13.2 Å². The van der Waals surface area contributed by atoms with Gasteiger partial charge >= 0.3 is 0 Å². The highest BCUT2D eigenvalue weighted by molar-refractivity contribution is 7.89. The monoisotopic (exact) mass is 593 g/mol. The molecular weight excluding hydrogens is 558 g/mol. The van der Waals surface area contributed by atoms with Gasteiger partial charge in [0.2, 0.25) is 11.8 Å². The molecule has 0 radical (unpaired) electrons. The largest absolute Gasteiger partial charge is 0.437 e. The zero-order valence-electron chi connectivity index (χ0n) is 24.4. The number of pyridine rings is 1. The van der Waals surface area contributed by atoms with Gasteiger partial charge < -0.3 is 15.4 Å². The molecule has 43 heavy (non-hydrogen) atoms. The molecule has 1 saturated heterocycles. The van der Waals surface area contributed by atoms with E-state index >= 15 is 0 Å². The molecule has 0 saturated carbocycles. The Balaban J connectivity index is 1.30. The molecule has 5 aromatic rings. The average molecular weight is 594 g/mol. The Kier molecular flexibility index (Phi) is 8.35. The predicted octanol–water partition coefficient (Wildman–Crippen LogP) is 6.38. The number of aromatic nitrogens is 3. The minimum Gasteiger partial charge on any atom is -0.437 e. The molecule has 0 amide bonds. The summed E-state index contributed by atoms with van der Waals surface area (Å²) in [5, 5.41) is 8.51. The maximum Gasteiger partial charge on any atom is 0.228 e. The third kappa shape index (κ3) is 6.84. The molecule has 0 bridgehead atoms. The number of anilines is 1. The second-order valence-electron chi connectivity index (χ2n) is 11.2. The van der Waals surface area contributed by atoms with E-state index in [0.29, 0.717) is 23.3 Å². The Morgan fingerprint density at radius 2 is 1.81 bits per heavy atom. The molecule has 1 aliphatic rings. The van der Waals surface area contributed by atoms with Crippen LogP contribution >= 0.6 is 0 Å². The standard InChI is InChI=1S/C34H35N5O3S/c1-23-7-3-8-25(19-23)21-43(40,41)22-26-9-4-11-29-28(26)14-13-24(2)32(29)42-33-30(12-6-17-36-33)31-15-18-37-34(39-31)38-27-10-5-16-35-20-27/h3-4,6-9,11-15,17-19,27,35H,5,10,16,20-22H2,1-2H3,(H,37,38,39)/t27-/m0/s1. The summed E-state index contributed by atoms with van der Waals surface area (Å²) >= 11 is 0. The quantitative estimate of drug-likeness (QED) is 0.203. The number of nitrogens with zero attached hydrogens (tertiary/aromatic N) is 3. The second kappa shape index (κ2) is 12.5. The first-order valence-corrected chi connectivity index (χ1v) is 16.4. The molecule has 1 atom stereocenters. The maximum atomic E-state index is 13.3. The molecule has 3 aromatic carbocycles. The van der Waals surface area contributed by atoms with Crippen molar-refractivity contribution in [2.24, 2.45) is 0 Å². The SMILES string of the molecule is Cc1cccc(CS(=O)(=O)Cc2cccc3c(Oc4ncccc4-c4ccnc(N[C@H]5CCCNC5)n4)c(C)ccc23)c1. The van der Waals surface area contributed by atoms with Crippen molar-refractivity contribution in [3.05, 3.63) is 107 Å². The number of hydrogen-bond donors (Lipinski definition) is 2. The number of nitrogens with one attached hydrogen (secondary N) is 2. The van der Waals surface area contributed by atoms with Gasteiger partial charge in [-0.1, -0.05) is 60.2 Å². The van der Waals surface area contributed by atoms with Gasteiger partial charge in [-0.05, 0) is 73.5 Å². The topological polar surface area (TPSA) is 106 Å². The van der Waals surface area contributed by atoms with Crippen molar-refractivity contribution in [1.29, 1.82) is 0 Å². The number of hydrogen-bond acceptors (Lipinski definition) is 8. The summed E-state index contributed by atoms with van der Waals surface area (Å²) in [4.78, 5) is 13.8. The Labute approximate surface area is 252 Å². The molecular formula is C34H35N5O3S. The lowest BCUT2D eigenvalue weighted by Gasteiger charge is -2.23. The van der Waals surface area contributed by atoms with E-state index in [2.05, 4.69) is 20.6 Å². The number of aryl methyl sites for hydroxylation is 2. The van der Waals surface area contributed by atoms with Crippen LogP contribution in [0.15, 0.2) is 85.2 Å². The van der Waals surface area contributed by atoms with Crippen molar-refractivity contribution in [1.82, 2.24) is 20.3 Å². The van der Waals surface area contributed by atoms with Gasteiger partial charge in [0.05, 0.1) is 22.8 Å². The Hall–Kier alpha value is -4.34. The molecule has 0 aliphatic carbocycles. The van der Waals surface area contributed by atoms with E-state index in [1.54, 1.807) is 12.4 Å². The van der Waals surface area contributed by atoms with Crippen LogP contribution in [0.4, 0.5) is 5.95 Å². The normalized spacial score (nSPS) is 15.3. The summed E-state index contributed by atoms with van der Waals surface area (Å²) in [6.07, 6.45) is 5.61. The van der Waals surface area contributed by atoms with Crippen molar-refractivity contribution in [2.45, 2.75) is 44.2 Å². The first-order chi connectivity index (χ1) is 20.8. The second-order valence-corrected chi connectivity index (χ2v) is 13.2. The van der Waals surface area contributed by atoms with Crippen LogP contribution < -0.4 is 15.4 Å². The van der Waals surface area contributed by atoms with Gasteiger partial charge in [0.15, 0.2) is 9.84 Å². The summed E-state index contributed by atoms with van der Waals surface area (Å²) < 4.78 is 33.1. The first kappa shape index (κ1) is 28.8. The van der Waals surface area contributed by atoms with Gasteiger partial charge in [0.25, 0.3) is 0 Å². The van der Waals surface area contributed by atoms with Crippen LogP contribution in [0.2, 0.25) is 0 Å². The van der Waals surface area contributed by atoms with E-state index in [-0.39, 0.29) is 17.5 Å². The summed E-state index contributed by atoms with van der Waals surface area (Å²) in [7, 11) is -3.41. The van der Waals surface area contributed by atoms with Crippen LogP contribution in [-0.4, -0.2) is 42.5 Å². The fourth-order valence-electron chi connectivity index (χ4n) is 5.61. The van der Waals surface area contributed by atoms with Crippen LogP contribution in [0.5, 0.6) is 11.6 Å². The molecule has 6 rings (SSSR count). The highest BCUT2D eigenvalue weighted by Gasteiger charge is 2.19. The van der Waals surface area contributed by atoms with E-state index < -0.39 is 9.84 Å². The van der Waals surface area contributed by atoms with Gasteiger partial charge in [-0.25, -0.2) is 23.4 Å². The predicted molar refractivity (Wildman–Crippen MR) is 171 cm³/mol. The molecule has 9 heteroatoms. The minimum absolute atomic E-state index is 0.00931. The number of sulfone groups is 1. The van der Waals surface area contributed by atoms with E-state index in [4.69, 9.17) is 9.72 Å². The smallest absolute Gasteiger partial charge is 0.228 e. The lowest BCUT2D eigenvalue weighted by molar-refractivity contribution is 0.466. The third-order valence-electron chi connectivity index (χ3n) is 7.68. The molecule has 8 nitrogen and oxygen atoms in total. The van der Waals surface area contributed by atoms with E-state index in [1.807, 2.05) is 86.6 Å². The van der Waals surface area contributed by atoms with Crippen LogP contribution in [-0.2, 0) is 21.3 Å². The number of rotatable bonds is 9. The third-order valence-corrected chi connectivity index (χ3v) is 9.20. The van der Waals surface area contributed by atoms with E-state index in [9.17, 15) is 8.42 Å². The molecule has 0 unspecified atom stereocenters. The van der Waals surface area contributed by atoms with Crippen LogP contribution in [0, 0.1) is 13.8 Å². The van der Waals surface area contributed by atoms with Crippen LogP contribution in [0.25, 0.3) is 22.0 Å². The van der Waals surface area contributed by atoms with Crippen LogP contribution in [0.3, 0.4) is 0 Å². The first-order valence-electron chi connectivity index (χ1n) is 14.6. The lowest BCUT2D eigenvalue weighted by Crippen LogP contribution is -2.38. The van der Waals surface area contributed by atoms with Crippen molar-refractivity contribution >= 4 is 26.6 Å². The van der Waals surface area contributed by atoms with Crippen molar-refractivity contribution in [3.63, 3.8) is 0 Å². The number of fused-ring (bicyclic) bond motifs is 1. The number of ether oxygens (including phenoxy) is 1. The molecule has 0 spiro atoms. The zero-order chi connectivity index (χ0) is 29.8. The number of piperidine rings is 1. The summed E-state index contributed by atoms with van der Waals surface area (Å²) in [5.41, 5.74) is 4.92. The summed E-state index contributed by atoms with van der Waals surface area (Å²) in [5.74, 6) is 1.54. The minimum atomic E-state index is -3.41. The molecule has 2 aromatic heterocycles. The molecule has 1 fully saturated rings. The average Bonchev–Trinajstić information content (AvgIpc) is 2.99. The molecule has 220 valence electrons. The number of benzene rings is 3. The molecule has 1 aliphatic heterocycles. The fourth-order valence-corrected chi connectivity index (χ4v) is 7.12. The maximum absolute atomic E-state index is 13.3. The fraction of sp³-hybridized carbons (Fsp3) is 0.265. The highest BCUT2D eigenvalue weighted by Crippen LogP contribution is 2.38. The lowest BCUT2D eigenvalue weighted by atomic mass is 10.0. The Bertz CT molecular complexity index is 1870. The van der Waals surface area contributed by atoms with Gasteiger partial charge in [-0.2, -0.15) is 0 Å². The van der Waals surface area contributed by atoms with Crippen molar-refractivity contribution in [3.8, 4) is 22.9 Å². The Morgan fingerprint density at radius 1 is 0.930 bits per heavy atom. The molecule has 3 heterocycles. The molecule has 2 N–H and O–H groups in total. The van der Waals surface area contributed by atoms with Crippen molar-refractivity contribution in [2.75, 3.05) is 18.4 Å². The van der Waals surface area contributed by atoms with E-state index in [0.717, 1.165) is 64.5 Å². The van der Waals surface area contributed by atoms with Crippen LogP contribution in [0.1, 0.15) is 35.1 Å². The zero-order valence-corrected chi connectivity index (χ0v) is 25.2. The van der Waals surface area contributed by atoms with E-state index in [1.165, 1.54) is 0 Å². The van der Waals surface area contributed by atoms with Gasteiger partial charge in [-0.3, -0.25) is 0 Å². The van der Waals surface area contributed by atoms with Gasteiger partial charge in [-0.15, -0.1) is 0 Å².